The van der Waals surface area contributed by atoms with Crippen molar-refractivity contribution in [2.45, 2.75) is 53.4 Å². The van der Waals surface area contributed by atoms with Crippen molar-refractivity contribution >= 4 is 0 Å². The van der Waals surface area contributed by atoms with Crippen LogP contribution in [0.3, 0.4) is 0 Å². The van der Waals surface area contributed by atoms with Gasteiger partial charge in [0.1, 0.15) is 0 Å². The maximum absolute atomic E-state index is 2.42. The normalized spacial score (nSPS) is 31.0. The van der Waals surface area contributed by atoms with Crippen molar-refractivity contribution in [3.63, 3.8) is 0 Å². The van der Waals surface area contributed by atoms with Crippen molar-refractivity contribution in [1.82, 2.24) is 0 Å². The molecule has 1 radical (unpaired) electrons. The van der Waals surface area contributed by atoms with Crippen LogP contribution in [-0.2, 0) is 0 Å². The van der Waals surface area contributed by atoms with Gasteiger partial charge in [0.05, 0.1) is 0 Å². The van der Waals surface area contributed by atoms with E-state index in [-0.39, 0.29) is 0 Å². The highest BCUT2D eigenvalue weighted by atomic mass is 14.3. The first kappa shape index (κ1) is 9.83. The van der Waals surface area contributed by atoms with Gasteiger partial charge in [-0.05, 0) is 44.4 Å². The fraction of sp³-hybridized carbons (Fsp3) is 0.750. The van der Waals surface area contributed by atoms with E-state index in [1.165, 1.54) is 25.7 Å². The predicted molar refractivity (Wildman–Crippen MR) is 54.9 cm³/mol. The second kappa shape index (κ2) is 3.64. The topological polar surface area (TPSA) is 0 Å². The standard InChI is InChI=1S/C12H21/c1-5-11-10(3)8-7-9-12(11,4)6-2/h8H,5-7,9H2,1-4H3. The average molecular weight is 165 g/mol. The number of allylic oxidation sites excluding steroid dienone is 2. The minimum absolute atomic E-state index is 0.508. The molecule has 0 aliphatic heterocycles. The molecule has 0 saturated carbocycles. The highest BCUT2D eigenvalue weighted by Crippen LogP contribution is 2.43. The zero-order chi connectivity index (χ0) is 9.19. The Morgan fingerprint density at radius 2 is 2.08 bits per heavy atom. The number of rotatable bonds is 2. The summed E-state index contributed by atoms with van der Waals surface area (Å²) in [5.41, 5.74) is 3.75. The van der Waals surface area contributed by atoms with Crippen LogP contribution >= 0.6 is 0 Å². The first-order chi connectivity index (χ1) is 5.64. The van der Waals surface area contributed by atoms with Crippen LogP contribution in [0.15, 0.2) is 11.1 Å². The molecule has 0 heteroatoms. The third kappa shape index (κ3) is 1.57. The Hall–Kier alpha value is -0.260. The highest BCUT2D eigenvalue weighted by Gasteiger charge is 2.29. The Bertz CT molecular complexity index is 188. The highest BCUT2D eigenvalue weighted by molar-refractivity contribution is 5.28. The summed E-state index contributed by atoms with van der Waals surface area (Å²) >= 11 is 0. The minimum Gasteiger partial charge on any atom is -0.0699 e. The Balaban J connectivity index is 2.94. The van der Waals surface area contributed by atoms with Gasteiger partial charge >= 0.3 is 0 Å². The molecule has 0 amide bonds. The molecule has 0 N–H and O–H groups in total. The second-order valence-corrected chi connectivity index (χ2v) is 4.17. The van der Waals surface area contributed by atoms with Crippen LogP contribution in [0.5, 0.6) is 0 Å². The second-order valence-electron chi connectivity index (χ2n) is 4.17. The van der Waals surface area contributed by atoms with Gasteiger partial charge in [-0.25, -0.2) is 0 Å². The number of hydrogen-bond acceptors (Lipinski definition) is 0. The largest absolute Gasteiger partial charge is 0.0699 e. The Morgan fingerprint density at radius 3 is 2.50 bits per heavy atom. The van der Waals surface area contributed by atoms with Gasteiger partial charge in [-0.3, -0.25) is 0 Å². The van der Waals surface area contributed by atoms with E-state index in [9.17, 15) is 0 Å². The Kier molecular flexibility index (Phi) is 2.98. The van der Waals surface area contributed by atoms with Crippen LogP contribution < -0.4 is 0 Å². The fourth-order valence-corrected chi connectivity index (χ4v) is 2.45. The van der Waals surface area contributed by atoms with E-state index in [2.05, 4.69) is 34.1 Å². The lowest BCUT2D eigenvalue weighted by Crippen LogP contribution is -2.23. The summed E-state index contributed by atoms with van der Waals surface area (Å²) in [6.07, 6.45) is 7.55. The monoisotopic (exact) mass is 165 g/mol. The molecule has 0 aromatic carbocycles. The SMILES string of the molecule is CCC1=C(C)[CH]CCC1(C)CC. The van der Waals surface area contributed by atoms with Crippen molar-refractivity contribution in [3.8, 4) is 0 Å². The smallest absolute Gasteiger partial charge is 0.0116 e. The molecule has 0 fully saturated rings. The molecular weight excluding hydrogens is 144 g/mol. The van der Waals surface area contributed by atoms with E-state index in [1.807, 2.05) is 0 Å². The summed E-state index contributed by atoms with van der Waals surface area (Å²) in [6.45, 7) is 9.29. The maximum Gasteiger partial charge on any atom is -0.0116 e. The van der Waals surface area contributed by atoms with E-state index in [1.54, 1.807) is 11.1 Å². The van der Waals surface area contributed by atoms with Gasteiger partial charge in [-0.1, -0.05) is 31.9 Å². The molecule has 0 spiro atoms. The van der Waals surface area contributed by atoms with Gasteiger partial charge in [0.2, 0.25) is 0 Å². The lowest BCUT2D eigenvalue weighted by Gasteiger charge is -2.36. The summed E-state index contributed by atoms with van der Waals surface area (Å²) < 4.78 is 0. The van der Waals surface area contributed by atoms with Crippen LogP contribution in [0.1, 0.15) is 53.4 Å². The van der Waals surface area contributed by atoms with Gasteiger partial charge in [-0.15, -0.1) is 0 Å². The van der Waals surface area contributed by atoms with Crippen molar-refractivity contribution in [1.29, 1.82) is 0 Å². The van der Waals surface area contributed by atoms with Gasteiger partial charge < -0.3 is 0 Å². The van der Waals surface area contributed by atoms with Gasteiger partial charge in [-0.2, -0.15) is 0 Å². The van der Waals surface area contributed by atoms with Crippen LogP contribution in [-0.4, -0.2) is 0 Å². The minimum atomic E-state index is 0.508. The third-order valence-electron chi connectivity index (χ3n) is 3.49. The summed E-state index contributed by atoms with van der Waals surface area (Å²) in [5, 5.41) is 0. The van der Waals surface area contributed by atoms with Gasteiger partial charge in [0.15, 0.2) is 0 Å². The maximum atomic E-state index is 2.42. The molecule has 0 saturated heterocycles. The zero-order valence-electron chi connectivity index (χ0n) is 8.91. The zero-order valence-corrected chi connectivity index (χ0v) is 8.91. The molecule has 69 valence electrons. The van der Waals surface area contributed by atoms with Crippen molar-refractivity contribution in [2.24, 2.45) is 5.41 Å². The average Bonchev–Trinajstić information content (AvgIpc) is 2.05. The van der Waals surface area contributed by atoms with Crippen LogP contribution in [0.4, 0.5) is 0 Å². The van der Waals surface area contributed by atoms with Crippen LogP contribution in [0.2, 0.25) is 0 Å². The Morgan fingerprint density at radius 1 is 1.42 bits per heavy atom. The lowest BCUT2D eigenvalue weighted by atomic mass is 9.69. The van der Waals surface area contributed by atoms with Crippen molar-refractivity contribution < 1.29 is 0 Å². The first-order valence-corrected chi connectivity index (χ1v) is 5.17. The van der Waals surface area contributed by atoms with E-state index < -0.39 is 0 Å². The molecule has 1 unspecified atom stereocenters. The quantitative estimate of drug-likeness (QED) is 0.577. The molecule has 1 rings (SSSR count). The summed E-state index contributed by atoms with van der Waals surface area (Å²) in [5.74, 6) is 0. The molecule has 0 aromatic heterocycles. The Labute approximate surface area is 77.1 Å². The van der Waals surface area contributed by atoms with Crippen molar-refractivity contribution in [2.75, 3.05) is 0 Å². The molecule has 0 nitrogen and oxygen atoms in total. The fourth-order valence-electron chi connectivity index (χ4n) is 2.45. The molecule has 1 aliphatic carbocycles. The number of hydrogen-bond donors (Lipinski definition) is 0. The molecule has 0 heterocycles. The molecule has 1 aliphatic rings. The summed E-state index contributed by atoms with van der Waals surface area (Å²) in [6, 6.07) is 0. The van der Waals surface area contributed by atoms with E-state index in [0.29, 0.717) is 5.41 Å². The lowest BCUT2D eigenvalue weighted by molar-refractivity contribution is 0.327. The van der Waals surface area contributed by atoms with Crippen molar-refractivity contribution in [3.05, 3.63) is 17.6 Å². The molecule has 0 bridgehead atoms. The van der Waals surface area contributed by atoms with Gasteiger partial charge in [0.25, 0.3) is 0 Å². The van der Waals surface area contributed by atoms with E-state index >= 15 is 0 Å². The first-order valence-electron chi connectivity index (χ1n) is 5.17. The molecule has 1 atom stereocenters. The summed E-state index contributed by atoms with van der Waals surface area (Å²) in [7, 11) is 0. The molecular formula is C12H21. The van der Waals surface area contributed by atoms with Crippen LogP contribution in [0, 0.1) is 11.8 Å². The van der Waals surface area contributed by atoms with E-state index in [4.69, 9.17) is 0 Å². The van der Waals surface area contributed by atoms with E-state index in [0.717, 1.165) is 0 Å². The predicted octanol–water partition coefficient (Wildman–Crippen LogP) is 4.13. The third-order valence-corrected chi connectivity index (χ3v) is 3.49. The van der Waals surface area contributed by atoms with Gasteiger partial charge in [0, 0.05) is 0 Å². The molecule has 0 aromatic rings. The molecule has 12 heavy (non-hydrogen) atoms. The van der Waals surface area contributed by atoms with Crippen LogP contribution in [0.25, 0.3) is 0 Å². The summed E-state index contributed by atoms with van der Waals surface area (Å²) in [4.78, 5) is 0.